The van der Waals surface area contributed by atoms with E-state index < -0.39 is 6.10 Å². The van der Waals surface area contributed by atoms with E-state index in [0.717, 1.165) is 154 Å². The Labute approximate surface area is 475 Å². The minimum absolute atomic E-state index is 0.0893. The van der Waals surface area contributed by atoms with Crippen LogP contribution in [-0.2, 0) is 28.6 Å². The summed E-state index contributed by atoms with van der Waals surface area (Å²) < 4.78 is 16.9. The highest BCUT2D eigenvalue weighted by Gasteiger charge is 2.19. The zero-order chi connectivity index (χ0) is 55.7. The molecule has 0 aliphatic rings. The molecule has 0 fully saturated rings. The molecule has 0 aliphatic heterocycles. The number of carbonyl (C=O) groups is 3. The van der Waals surface area contributed by atoms with E-state index in [4.69, 9.17) is 14.2 Å². The Balaban J connectivity index is 4.37. The third-order valence-electron chi connectivity index (χ3n) is 13.2. The van der Waals surface area contributed by atoms with Crippen molar-refractivity contribution in [3.05, 3.63) is 134 Å². The quantitative estimate of drug-likeness (QED) is 0.0261. The molecule has 0 spiro atoms. The number of rotatable bonds is 56. The van der Waals surface area contributed by atoms with Crippen LogP contribution in [0, 0.1) is 0 Å². The predicted molar refractivity (Wildman–Crippen MR) is 334 cm³/mol. The maximum absolute atomic E-state index is 12.9. The van der Waals surface area contributed by atoms with Gasteiger partial charge >= 0.3 is 17.9 Å². The van der Waals surface area contributed by atoms with Crippen LogP contribution in [0.4, 0.5) is 0 Å². The standard InChI is InChI=1S/C71H116O6/c1-4-7-10-13-16-19-22-24-26-28-30-32-33-34-35-36-37-39-40-42-44-46-49-52-55-58-61-64-70(73)76-67-68(66-75-69(72)63-60-57-54-51-48-21-18-15-12-9-6-3)77-71(74)65-62-59-56-53-50-47-45-43-41-38-31-29-27-25-23-20-17-14-11-8-5-2/h7-8,10-11,16-17,19-20,24-27,30-32,34-35,37-39,42,44,68H,4-6,9,12-15,18,21-23,28-29,33,36,40-41,43,45-67H2,1-3H3/b10-7-,11-8-,19-16-,20-17-,26-24-,27-25-,32-30-,35-34-,38-31-,39-37-,44-42-. The molecule has 1 atom stereocenters. The van der Waals surface area contributed by atoms with Crippen LogP contribution in [0.15, 0.2) is 134 Å². The Morgan fingerprint density at radius 1 is 0.273 bits per heavy atom. The molecule has 0 rings (SSSR count). The number of carbonyl (C=O) groups excluding carboxylic acids is 3. The van der Waals surface area contributed by atoms with Gasteiger partial charge in [-0.2, -0.15) is 0 Å². The first kappa shape index (κ1) is 72.5. The lowest BCUT2D eigenvalue weighted by atomic mass is 10.1. The molecule has 0 bridgehead atoms. The highest BCUT2D eigenvalue weighted by atomic mass is 16.6. The summed E-state index contributed by atoms with van der Waals surface area (Å²) in [6.45, 7) is 6.39. The normalized spacial score (nSPS) is 13.0. The van der Waals surface area contributed by atoms with Crippen molar-refractivity contribution in [1.82, 2.24) is 0 Å². The average molecular weight is 1070 g/mol. The number of hydrogen-bond donors (Lipinski definition) is 0. The van der Waals surface area contributed by atoms with Crippen molar-refractivity contribution in [2.45, 2.75) is 284 Å². The predicted octanol–water partition coefficient (Wildman–Crippen LogP) is 21.8. The first-order valence-corrected chi connectivity index (χ1v) is 31.7. The second-order valence-corrected chi connectivity index (χ2v) is 20.6. The zero-order valence-electron chi connectivity index (χ0n) is 49.9. The molecule has 0 aliphatic carbocycles. The van der Waals surface area contributed by atoms with Crippen molar-refractivity contribution in [3.8, 4) is 0 Å². The van der Waals surface area contributed by atoms with Crippen LogP contribution in [0.1, 0.15) is 278 Å². The number of esters is 3. The van der Waals surface area contributed by atoms with Gasteiger partial charge in [-0.05, 0) is 116 Å². The molecule has 1 unspecified atom stereocenters. The van der Waals surface area contributed by atoms with Gasteiger partial charge in [0.15, 0.2) is 6.10 Å². The van der Waals surface area contributed by atoms with Gasteiger partial charge in [0.25, 0.3) is 0 Å². The van der Waals surface area contributed by atoms with E-state index in [-0.39, 0.29) is 31.1 Å². The summed E-state index contributed by atoms with van der Waals surface area (Å²) >= 11 is 0. The lowest BCUT2D eigenvalue weighted by Gasteiger charge is -2.18. The molecule has 6 nitrogen and oxygen atoms in total. The van der Waals surface area contributed by atoms with Crippen LogP contribution in [-0.4, -0.2) is 37.2 Å². The summed E-state index contributed by atoms with van der Waals surface area (Å²) in [5.74, 6) is -0.916. The minimum atomic E-state index is -0.795. The van der Waals surface area contributed by atoms with Crippen molar-refractivity contribution in [3.63, 3.8) is 0 Å². The van der Waals surface area contributed by atoms with Gasteiger partial charge < -0.3 is 14.2 Å². The fourth-order valence-electron chi connectivity index (χ4n) is 8.47. The van der Waals surface area contributed by atoms with Crippen LogP contribution in [0.2, 0.25) is 0 Å². The molecule has 6 heteroatoms. The first-order valence-electron chi connectivity index (χ1n) is 31.7. The van der Waals surface area contributed by atoms with Crippen molar-refractivity contribution in [2.24, 2.45) is 0 Å². The Morgan fingerprint density at radius 3 is 0.792 bits per heavy atom. The lowest BCUT2D eigenvalue weighted by molar-refractivity contribution is -0.167. The van der Waals surface area contributed by atoms with Gasteiger partial charge in [0.05, 0.1) is 0 Å². The molecule has 0 radical (unpaired) electrons. The monoisotopic (exact) mass is 1060 g/mol. The number of unbranched alkanes of at least 4 members (excludes halogenated alkanes) is 23. The molecular weight excluding hydrogens is 949 g/mol. The van der Waals surface area contributed by atoms with Crippen LogP contribution in [0.25, 0.3) is 0 Å². The van der Waals surface area contributed by atoms with Gasteiger partial charge in [0.2, 0.25) is 0 Å². The Morgan fingerprint density at radius 2 is 0.506 bits per heavy atom. The number of allylic oxidation sites excluding steroid dienone is 22. The third-order valence-corrected chi connectivity index (χ3v) is 13.2. The summed E-state index contributed by atoms with van der Waals surface area (Å²) in [4.78, 5) is 38.3. The lowest BCUT2D eigenvalue weighted by Crippen LogP contribution is -2.30. The molecule has 0 aromatic carbocycles. The van der Waals surface area contributed by atoms with Crippen LogP contribution >= 0.6 is 0 Å². The molecule has 0 heterocycles. The molecule has 0 aromatic heterocycles. The summed E-state index contributed by atoms with van der Waals surface area (Å²) in [5, 5.41) is 0. The van der Waals surface area contributed by atoms with Gasteiger partial charge in [-0.1, -0.05) is 276 Å². The second kappa shape index (κ2) is 64.1. The SMILES string of the molecule is CC/C=C\C/C=C\C/C=C\C/C=C\C/C=C\C/C=C\C/C=C\CCCCCCCC(=O)OCC(COC(=O)CCCCCCCCCCCCC)OC(=O)CCCCCCCCCC/C=C\C/C=C\C/C=C\C/C=C\CC. The van der Waals surface area contributed by atoms with Gasteiger partial charge in [0.1, 0.15) is 13.2 Å². The Bertz CT molecular complexity index is 1650. The maximum Gasteiger partial charge on any atom is 0.306 e. The number of ether oxygens (including phenoxy) is 3. The zero-order valence-corrected chi connectivity index (χ0v) is 49.9. The third kappa shape index (κ3) is 62.3. The number of hydrogen-bond acceptors (Lipinski definition) is 6. The molecule has 0 amide bonds. The largest absolute Gasteiger partial charge is 0.462 e. The van der Waals surface area contributed by atoms with Crippen molar-refractivity contribution in [2.75, 3.05) is 13.2 Å². The van der Waals surface area contributed by atoms with Crippen molar-refractivity contribution in [1.29, 1.82) is 0 Å². The fourth-order valence-corrected chi connectivity index (χ4v) is 8.47. The van der Waals surface area contributed by atoms with E-state index in [1.165, 1.54) is 83.5 Å². The highest BCUT2D eigenvalue weighted by molar-refractivity contribution is 5.71. The Kier molecular flexibility index (Phi) is 60.4. The molecule has 77 heavy (non-hydrogen) atoms. The summed E-state index contributed by atoms with van der Waals surface area (Å²) in [6, 6.07) is 0. The molecular formula is C71H116O6. The minimum Gasteiger partial charge on any atom is -0.462 e. The fraction of sp³-hybridized carbons (Fsp3) is 0.648. The summed E-state index contributed by atoms with van der Waals surface area (Å²) in [7, 11) is 0. The molecule has 436 valence electrons. The van der Waals surface area contributed by atoms with E-state index in [1.54, 1.807) is 0 Å². The van der Waals surface area contributed by atoms with Gasteiger partial charge in [-0.3, -0.25) is 14.4 Å². The first-order chi connectivity index (χ1) is 38.0. The molecule has 0 N–H and O–H groups in total. The van der Waals surface area contributed by atoms with E-state index in [2.05, 4.69) is 154 Å². The van der Waals surface area contributed by atoms with Gasteiger partial charge in [-0.25, -0.2) is 0 Å². The highest BCUT2D eigenvalue weighted by Crippen LogP contribution is 2.15. The van der Waals surface area contributed by atoms with E-state index >= 15 is 0 Å². The molecule has 0 aromatic rings. The Hall–Kier alpha value is -4.45. The van der Waals surface area contributed by atoms with Crippen LogP contribution in [0.5, 0.6) is 0 Å². The molecule has 0 saturated heterocycles. The van der Waals surface area contributed by atoms with E-state index in [1.807, 2.05) is 0 Å². The van der Waals surface area contributed by atoms with E-state index in [0.29, 0.717) is 19.3 Å². The van der Waals surface area contributed by atoms with Gasteiger partial charge in [0, 0.05) is 19.3 Å². The van der Waals surface area contributed by atoms with Crippen LogP contribution < -0.4 is 0 Å². The van der Waals surface area contributed by atoms with E-state index in [9.17, 15) is 14.4 Å². The molecule has 0 saturated carbocycles. The van der Waals surface area contributed by atoms with Gasteiger partial charge in [-0.15, -0.1) is 0 Å². The second-order valence-electron chi connectivity index (χ2n) is 20.6. The maximum atomic E-state index is 12.9. The van der Waals surface area contributed by atoms with Crippen LogP contribution in [0.3, 0.4) is 0 Å². The van der Waals surface area contributed by atoms with Crippen molar-refractivity contribution >= 4 is 17.9 Å². The topological polar surface area (TPSA) is 78.9 Å². The smallest absolute Gasteiger partial charge is 0.306 e. The summed E-state index contributed by atoms with van der Waals surface area (Å²) in [5.41, 5.74) is 0. The van der Waals surface area contributed by atoms with Crippen molar-refractivity contribution < 1.29 is 28.6 Å². The average Bonchev–Trinajstić information content (AvgIpc) is 3.43. The summed E-state index contributed by atoms with van der Waals surface area (Å²) in [6.07, 6.45) is 90.2.